The van der Waals surface area contributed by atoms with E-state index < -0.39 is 34.0 Å². The second-order valence-electron chi connectivity index (χ2n) is 12.9. The van der Waals surface area contributed by atoms with Crippen molar-refractivity contribution in [3.8, 4) is 5.75 Å². The molecule has 4 fully saturated rings. The number of rotatable bonds is 4. The smallest absolute Gasteiger partial charge is 0.331 e. The second kappa shape index (κ2) is 9.64. The van der Waals surface area contributed by atoms with Gasteiger partial charge in [-0.3, -0.25) is 4.79 Å². The van der Waals surface area contributed by atoms with Crippen LogP contribution in [0.5, 0.6) is 5.75 Å². The van der Waals surface area contributed by atoms with Gasteiger partial charge in [-0.1, -0.05) is 22.9 Å². The quantitative estimate of drug-likeness (QED) is 0.197. The molecule has 8 atom stereocenters. The van der Waals surface area contributed by atoms with E-state index in [2.05, 4.69) is 33.4 Å². The van der Waals surface area contributed by atoms with Crippen molar-refractivity contribution >= 4 is 34.0 Å². The molecule has 1 aromatic carbocycles. The number of halogens is 1. The lowest BCUT2D eigenvalue weighted by atomic mass is 9.41. The lowest BCUT2D eigenvalue weighted by Crippen LogP contribution is -2.68. The number of ether oxygens (including phenoxy) is 1. The third-order valence-electron chi connectivity index (χ3n) is 11.3. The van der Waals surface area contributed by atoms with E-state index in [-0.39, 0.29) is 48.1 Å². The largest absolute Gasteiger partial charge is 0.507 e. The fourth-order valence-corrected chi connectivity index (χ4v) is 9.68. The summed E-state index contributed by atoms with van der Waals surface area (Å²) in [6, 6.07) is 4.56. The van der Waals surface area contributed by atoms with Crippen molar-refractivity contribution < 1.29 is 34.8 Å². The van der Waals surface area contributed by atoms with Crippen LogP contribution in [-0.2, 0) is 9.53 Å². The van der Waals surface area contributed by atoms with Gasteiger partial charge in [-0.2, -0.15) is 5.10 Å². The van der Waals surface area contributed by atoms with Crippen LogP contribution >= 0.6 is 15.9 Å². The number of cyclic esters (lactones) is 1. The highest BCUT2D eigenvalue weighted by Crippen LogP contribution is 2.70. The van der Waals surface area contributed by atoms with Gasteiger partial charge in [0.1, 0.15) is 12.4 Å². The Morgan fingerprint density at radius 3 is 2.65 bits per heavy atom. The van der Waals surface area contributed by atoms with E-state index in [1.165, 1.54) is 12.1 Å². The van der Waals surface area contributed by atoms with Crippen molar-refractivity contribution in [2.75, 3.05) is 6.61 Å². The number of carbonyl (C=O) groups is 2. The monoisotopic (exact) mass is 616 g/mol. The molecule has 0 spiro atoms. The van der Waals surface area contributed by atoms with Crippen molar-refractivity contribution in [1.82, 2.24) is 5.43 Å². The first kappa shape index (κ1) is 27.9. The molecule has 10 heteroatoms. The van der Waals surface area contributed by atoms with Gasteiger partial charge in [0.2, 0.25) is 0 Å². The molecular formula is C30H37BrN2O7. The van der Waals surface area contributed by atoms with E-state index in [1.54, 1.807) is 18.4 Å². The van der Waals surface area contributed by atoms with Gasteiger partial charge in [0, 0.05) is 34.0 Å². The SMILES string of the molecule is CC12CCC3C(CCC4(O)CC(O)CCC34C=NNC(=O)c3cc(Br)ccc3O)C1(O)CCC2C1=CC(=O)OC1. The van der Waals surface area contributed by atoms with Crippen molar-refractivity contribution in [3.63, 3.8) is 0 Å². The summed E-state index contributed by atoms with van der Waals surface area (Å²) >= 11 is 3.31. The number of esters is 1. The molecule has 6 rings (SSSR count). The third kappa shape index (κ3) is 4.01. The van der Waals surface area contributed by atoms with Crippen LogP contribution in [0.25, 0.3) is 0 Å². The summed E-state index contributed by atoms with van der Waals surface area (Å²) in [5.41, 5.74) is 0.0831. The zero-order chi connectivity index (χ0) is 28.5. The number of aliphatic hydroxyl groups is 3. The molecular weight excluding hydrogens is 580 g/mol. The fourth-order valence-electron chi connectivity index (χ4n) is 9.32. The Bertz CT molecular complexity index is 1300. The summed E-state index contributed by atoms with van der Waals surface area (Å²) < 4.78 is 5.86. The van der Waals surface area contributed by atoms with E-state index in [4.69, 9.17) is 4.74 Å². The summed E-state index contributed by atoms with van der Waals surface area (Å²) in [5, 5.41) is 49.7. The number of aliphatic hydroxyl groups excluding tert-OH is 1. The van der Waals surface area contributed by atoms with Crippen LogP contribution in [0.15, 0.2) is 39.4 Å². The van der Waals surface area contributed by atoms with Gasteiger partial charge < -0.3 is 25.2 Å². The van der Waals surface area contributed by atoms with Crippen LogP contribution in [0.2, 0.25) is 0 Å². The van der Waals surface area contributed by atoms with E-state index >= 15 is 0 Å². The number of hydrogen-bond acceptors (Lipinski definition) is 8. The standard InChI is InChI=1S/C30H37BrN2O7/c1-27-8-5-22-23(30(27,39)11-7-21(27)17-12-25(36)40-15-17)6-10-29(38)14-19(34)4-9-28(22,29)16-32-33-26(37)20-13-18(31)2-3-24(20)35/h2-3,12-13,16,19,21-23,34-35,38-39H,4-11,14-15H2,1H3,(H,33,37). The number of benzene rings is 1. The number of hydrazone groups is 1. The molecule has 216 valence electrons. The van der Waals surface area contributed by atoms with E-state index in [0.717, 1.165) is 18.4 Å². The van der Waals surface area contributed by atoms with Crippen molar-refractivity contribution in [1.29, 1.82) is 0 Å². The molecule has 1 heterocycles. The molecule has 1 aromatic rings. The molecule has 0 saturated heterocycles. The maximum Gasteiger partial charge on any atom is 0.331 e. The van der Waals surface area contributed by atoms with Gasteiger partial charge in [0.25, 0.3) is 5.91 Å². The molecule has 4 aliphatic carbocycles. The maximum atomic E-state index is 12.9. The Balaban J connectivity index is 1.32. The van der Waals surface area contributed by atoms with Gasteiger partial charge >= 0.3 is 5.97 Å². The lowest BCUT2D eigenvalue weighted by Gasteiger charge is -2.65. The average molecular weight is 618 g/mol. The molecule has 5 aliphatic rings. The van der Waals surface area contributed by atoms with Crippen LogP contribution in [0.3, 0.4) is 0 Å². The highest BCUT2D eigenvalue weighted by Gasteiger charge is 2.71. The number of phenolic OH excluding ortho intramolecular Hbond substituents is 1. The molecule has 4 saturated carbocycles. The molecule has 5 N–H and O–H groups in total. The summed E-state index contributed by atoms with van der Waals surface area (Å²) in [5.74, 6) is -1.22. The van der Waals surface area contributed by atoms with Gasteiger partial charge in [-0.15, -0.1) is 0 Å². The molecule has 1 aliphatic heterocycles. The highest BCUT2D eigenvalue weighted by molar-refractivity contribution is 9.10. The number of phenols is 1. The first-order chi connectivity index (χ1) is 18.9. The molecule has 0 aromatic heterocycles. The first-order valence-electron chi connectivity index (χ1n) is 14.3. The Morgan fingerprint density at radius 1 is 1.12 bits per heavy atom. The van der Waals surface area contributed by atoms with E-state index in [0.29, 0.717) is 43.0 Å². The molecule has 40 heavy (non-hydrogen) atoms. The van der Waals surface area contributed by atoms with Crippen LogP contribution in [0.4, 0.5) is 0 Å². The van der Waals surface area contributed by atoms with Crippen LogP contribution in [0, 0.1) is 28.6 Å². The van der Waals surface area contributed by atoms with Gasteiger partial charge in [-0.25, -0.2) is 10.2 Å². The Morgan fingerprint density at radius 2 is 1.90 bits per heavy atom. The minimum atomic E-state index is -1.23. The topological polar surface area (TPSA) is 149 Å². The van der Waals surface area contributed by atoms with E-state index in [1.807, 2.05) is 0 Å². The predicted octanol–water partition coefficient (Wildman–Crippen LogP) is 3.58. The van der Waals surface area contributed by atoms with E-state index in [9.17, 15) is 30.0 Å². The Hall–Kier alpha value is -2.27. The fraction of sp³-hybridized carbons (Fsp3) is 0.633. The van der Waals surface area contributed by atoms with Crippen LogP contribution < -0.4 is 5.43 Å². The zero-order valence-corrected chi connectivity index (χ0v) is 24.2. The molecule has 9 nitrogen and oxygen atoms in total. The average Bonchev–Trinajstić information content (AvgIpc) is 3.45. The number of aromatic hydroxyl groups is 1. The number of carbonyl (C=O) groups excluding carboxylic acids is 2. The lowest BCUT2D eigenvalue weighted by molar-refractivity contribution is -0.237. The molecule has 8 unspecified atom stereocenters. The predicted molar refractivity (Wildman–Crippen MR) is 149 cm³/mol. The Labute approximate surface area is 241 Å². The third-order valence-corrected chi connectivity index (χ3v) is 11.8. The zero-order valence-electron chi connectivity index (χ0n) is 22.6. The number of fused-ring (bicyclic) bond motifs is 5. The summed E-state index contributed by atoms with van der Waals surface area (Å²) in [7, 11) is 0. The van der Waals surface area contributed by atoms with Crippen molar-refractivity contribution in [3.05, 3.63) is 39.9 Å². The number of hydrogen-bond donors (Lipinski definition) is 5. The molecule has 0 bridgehead atoms. The minimum absolute atomic E-state index is 0.0562. The summed E-state index contributed by atoms with van der Waals surface area (Å²) in [4.78, 5) is 24.7. The number of amides is 1. The van der Waals surface area contributed by atoms with Crippen molar-refractivity contribution in [2.45, 2.75) is 82.0 Å². The number of nitrogens with one attached hydrogen (secondary N) is 1. The number of nitrogens with zero attached hydrogens (tertiary/aromatic N) is 1. The molecule has 1 amide bonds. The normalized spacial score (nSPS) is 42.5. The summed E-state index contributed by atoms with van der Waals surface area (Å²) in [6.45, 7) is 2.42. The molecule has 0 radical (unpaired) electrons. The first-order valence-corrected chi connectivity index (χ1v) is 15.0. The Kier molecular flexibility index (Phi) is 6.72. The second-order valence-corrected chi connectivity index (χ2v) is 13.8. The minimum Gasteiger partial charge on any atom is -0.507 e. The van der Waals surface area contributed by atoms with Crippen LogP contribution in [0.1, 0.15) is 75.1 Å². The summed E-state index contributed by atoms with van der Waals surface area (Å²) in [6.07, 6.45) is 7.68. The van der Waals surface area contributed by atoms with Gasteiger partial charge in [-0.05, 0) is 92.9 Å². The van der Waals surface area contributed by atoms with Gasteiger partial charge in [0.15, 0.2) is 0 Å². The van der Waals surface area contributed by atoms with Crippen LogP contribution in [-0.4, -0.2) is 62.4 Å². The van der Waals surface area contributed by atoms with Gasteiger partial charge in [0.05, 0.1) is 22.9 Å². The van der Waals surface area contributed by atoms with Crippen molar-refractivity contribution in [2.24, 2.45) is 33.7 Å². The maximum absolute atomic E-state index is 12.9. The highest BCUT2D eigenvalue weighted by atomic mass is 79.9.